The Morgan fingerprint density at radius 1 is 1.50 bits per heavy atom. The number of ether oxygens (including phenoxy) is 1. The number of hydrogen-bond donors (Lipinski definition) is 2. The molecule has 2 saturated carbocycles. The Hall–Kier alpha value is -0.750. The van der Waals surface area contributed by atoms with Gasteiger partial charge in [-0.3, -0.25) is 9.59 Å². The highest BCUT2D eigenvalue weighted by Crippen LogP contribution is 2.54. The molecular formula is C14H23NO4S. The molecule has 114 valence electrons. The number of thiol groups is 1. The number of rotatable bonds is 6. The summed E-state index contributed by atoms with van der Waals surface area (Å²) < 4.78 is 5.73. The molecule has 20 heavy (non-hydrogen) atoms. The van der Waals surface area contributed by atoms with Gasteiger partial charge in [0.25, 0.3) is 0 Å². The molecule has 2 rings (SSSR count). The van der Waals surface area contributed by atoms with E-state index in [1.165, 1.54) is 4.90 Å². The van der Waals surface area contributed by atoms with Gasteiger partial charge in [-0.2, -0.15) is 12.6 Å². The zero-order valence-electron chi connectivity index (χ0n) is 12.0. The van der Waals surface area contributed by atoms with E-state index in [2.05, 4.69) is 12.6 Å². The van der Waals surface area contributed by atoms with Crippen LogP contribution in [-0.2, 0) is 14.3 Å². The van der Waals surface area contributed by atoms with Crippen LogP contribution < -0.4 is 0 Å². The third-order valence-corrected chi connectivity index (χ3v) is 5.37. The van der Waals surface area contributed by atoms with E-state index in [1.807, 2.05) is 0 Å². The maximum absolute atomic E-state index is 12.6. The Morgan fingerprint density at radius 3 is 2.60 bits per heavy atom. The smallest absolute Gasteiger partial charge is 0.323 e. The van der Waals surface area contributed by atoms with Gasteiger partial charge in [0, 0.05) is 24.7 Å². The zero-order chi connectivity index (χ0) is 14.9. The van der Waals surface area contributed by atoms with Crippen molar-refractivity contribution < 1.29 is 19.4 Å². The standard InChI is InChI=1S/C14H23NO4S/c1-9(8-20)13(18)15(7-12(16)17)14(19-2)6-10-3-4-11(14)5-10/h9-11,20H,3-8H2,1-2H3,(H,16,17). The predicted octanol–water partition coefficient (Wildman–Crippen LogP) is 1.63. The summed E-state index contributed by atoms with van der Waals surface area (Å²) in [7, 11) is 1.59. The molecule has 6 heteroatoms. The topological polar surface area (TPSA) is 66.8 Å². The van der Waals surface area contributed by atoms with Gasteiger partial charge in [0.05, 0.1) is 0 Å². The molecule has 0 aliphatic heterocycles. The molecule has 0 aromatic rings. The van der Waals surface area contributed by atoms with Crippen molar-refractivity contribution in [3.8, 4) is 0 Å². The van der Waals surface area contributed by atoms with Gasteiger partial charge in [-0.1, -0.05) is 6.92 Å². The minimum absolute atomic E-state index is 0.170. The molecular weight excluding hydrogens is 278 g/mol. The second-order valence-corrected chi connectivity index (χ2v) is 6.40. The van der Waals surface area contributed by atoms with Crippen LogP contribution >= 0.6 is 12.6 Å². The van der Waals surface area contributed by atoms with E-state index in [0.29, 0.717) is 11.7 Å². The minimum atomic E-state index is -0.996. The van der Waals surface area contributed by atoms with Crippen LogP contribution in [0.2, 0.25) is 0 Å². The molecule has 4 atom stereocenters. The van der Waals surface area contributed by atoms with E-state index in [9.17, 15) is 9.59 Å². The number of hydrogen-bond acceptors (Lipinski definition) is 4. The number of methoxy groups -OCH3 is 1. The van der Waals surface area contributed by atoms with E-state index >= 15 is 0 Å². The van der Waals surface area contributed by atoms with Crippen LogP contribution in [0.3, 0.4) is 0 Å². The van der Waals surface area contributed by atoms with E-state index in [-0.39, 0.29) is 24.3 Å². The number of nitrogens with zero attached hydrogens (tertiary/aromatic N) is 1. The van der Waals surface area contributed by atoms with Crippen molar-refractivity contribution in [2.45, 2.75) is 38.3 Å². The highest BCUT2D eigenvalue weighted by Gasteiger charge is 2.56. The van der Waals surface area contributed by atoms with E-state index in [1.54, 1.807) is 14.0 Å². The van der Waals surface area contributed by atoms with Gasteiger partial charge in [0.15, 0.2) is 0 Å². The third kappa shape index (κ3) is 2.55. The lowest BCUT2D eigenvalue weighted by molar-refractivity contribution is -0.192. The van der Waals surface area contributed by atoms with Crippen molar-refractivity contribution >= 4 is 24.5 Å². The van der Waals surface area contributed by atoms with Gasteiger partial charge in [-0.15, -0.1) is 0 Å². The monoisotopic (exact) mass is 301 g/mol. The van der Waals surface area contributed by atoms with Crippen LogP contribution in [0.4, 0.5) is 0 Å². The Bertz CT molecular complexity index is 403. The summed E-state index contributed by atoms with van der Waals surface area (Å²) in [6.45, 7) is 1.48. The largest absolute Gasteiger partial charge is 0.480 e. The normalized spacial score (nSPS) is 33.1. The summed E-state index contributed by atoms with van der Waals surface area (Å²) in [6.07, 6.45) is 3.96. The number of carbonyl (C=O) groups excluding carboxylic acids is 1. The zero-order valence-corrected chi connectivity index (χ0v) is 12.9. The number of amides is 1. The van der Waals surface area contributed by atoms with Crippen LogP contribution in [0.1, 0.15) is 32.6 Å². The first-order chi connectivity index (χ1) is 9.44. The molecule has 5 nitrogen and oxygen atoms in total. The van der Waals surface area contributed by atoms with Crippen LogP contribution in [0.5, 0.6) is 0 Å². The van der Waals surface area contributed by atoms with E-state index < -0.39 is 11.7 Å². The summed E-state index contributed by atoms with van der Waals surface area (Å²) in [5, 5.41) is 9.16. The molecule has 0 aromatic carbocycles. The third-order valence-electron chi connectivity index (χ3n) is 4.83. The van der Waals surface area contributed by atoms with Gasteiger partial charge >= 0.3 is 5.97 Å². The number of carboxylic acids is 1. The van der Waals surface area contributed by atoms with Gasteiger partial charge in [0.1, 0.15) is 12.3 Å². The van der Waals surface area contributed by atoms with Gasteiger partial charge < -0.3 is 14.7 Å². The summed E-state index contributed by atoms with van der Waals surface area (Å²) >= 11 is 4.16. The highest BCUT2D eigenvalue weighted by atomic mass is 32.1. The molecule has 2 fully saturated rings. The summed E-state index contributed by atoms with van der Waals surface area (Å²) in [6, 6.07) is 0. The molecule has 4 unspecified atom stereocenters. The first kappa shape index (κ1) is 15.6. The van der Waals surface area contributed by atoms with E-state index in [0.717, 1.165) is 25.7 Å². The number of carboxylic acid groups (broad SMARTS) is 1. The van der Waals surface area contributed by atoms with Gasteiger partial charge in [-0.25, -0.2) is 0 Å². The molecule has 1 amide bonds. The first-order valence-corrected chi connectivity index (χ1v) is 7.77. The van der Waals surface area contributed by atoms with Crippen molar-refractivity contribution in [2.24, 2.45) is 17.8 Å². The molecule has 0 spiro atoms. The summed E-state index contributed by atoms with van der Waals surface area (Å²) in [5.41, 5.74) is -0.727. The first-order valence-electron chi connectivity index (χ1n) is 7.14. The second-order valence-electron chi connectivity index (χ2n) is 6.03. The fraction of sp³-hybridized carbons (Fsp3) is 0.857. The quantitative estimate of drug-likeness (QED) is 0.578. The lowest BCUT2D eigenvalue weighted by Gasteiger charge is -2.45. The van der Waals surface area contributed by atoms with Crippen molar-refractivity contribution in [3.63, 3.8) is 0 Å². The van der Waals surface area contributed by atoms with Crippen LogP contribution in [0.25, 0.3) is 0 Å². The second kappa shape index (κ2) is 5.93. The van der Waals surface area contributed by atoms with Crippen molar-refractivity contribution in [1.82, 2.24) is 4.90 Å². The molecule has 0 aromatic heterocycles. The van der Waals surface area contributed by atoms with Crippen LogP contribution in [0.15, 0.2) is 0 Å². The lowest BCUT2D eigenvalue weighted by Crippen LogP contribution is -2.59. The Morgan fingerprint density at radius 2 is 2.20 bits per heavy atom. The van der Waals surface area contributed by atoms with E-state index in [4.69, 9.17) is 9.84 Å². The summed E-state index contributed by atoms with van der Waals surface area (Å²) in [4.78, 5) is 25.2. The molecule has 0 saturated heterocycles. The van der Waals surface area contributed by atoms with Gasteiger partial charge in [-0.05, 0) is 31.6 Å². The maximum Gasteiger partial charge on any atom is 0.323 e. The fourth-order valence-electron chi connectivity index (χ4n) is 3.82. The highest BCUT2D eigenvalue weighted by molar-refractivity contribution is 7.80. The molecule has 2 bridgehead atoms. The molecule has 2 aliphatic carbocycles. The Kier molecular flexibility index (Phi) is 4.64. The minimum Gasteiger partial charge on any atom is -0.480 e. The van der Waals surface area contributed by atoms with Crippen molar-refractivity contribution in [3.05, 3.63) is 0 Å². The number of fused-ring (bicyclic) bond motifs is 2. The van der Waals surface area contributed by atoms with Crippen molar-refractivity contribution in [2.75, 3.05) is 19.4 Å². The van der Waals surface area contributed by atoms with Crippen LogP contribution in [0, 0.1) is 17.8 Å². The average Bonchev–Trinajstić information content (AvgIpc) is 3.03. The molecule has 0 heterocycles. The lowest BCUT2D eigenvalue weighted by atomic mass is 9.88. The SMILES string of the molecule is COC1(N(CC(=O)O)C(=O)C(C)CS)CC2CCC1C2. The maximum atomic E-state index is 12.6. The van der Waals surface area contributed by atoms with Gasteiger partial charge in [0.2, 0.25) is 5.91 Å². The average molecular weight is 301 g/mol. The number of aliphatic carboxylic acids is 1. The predicted molar refractivity (Wildman–Crippen MR) is 77.6 cm³/mol. The summed E-state index contributed by atoms with van der Waals surface area (Å²) in [5.74, 6) is -0.254. The van der Waals surface area contributed by atoms with Crippen LogP contribution in [-0.4, -0.2) is 47.0 Å². The fourth-order valence-corrected chi connectivity index (χ4v) is 3.97. The molecule has 0 radical (unpaired) electrons. The van der Waals surface area contributed by atoms with Crippen molar-refractivity contribution in [1.29, 1.82) is 0 Å². The molecule has 1 N–H and O–H groups in total. The number of carbonyl (C=O) groups is 2. The Balaban J connectivity index is 2.29. The Labute approximate surface area is 125 Å². The molecule has 2 aliphatic rings.